The molecule has 5 heteroatoms. The molecule has 0 rings (SSSR count). The van der Waals surface area contributed by atoms with Crippen LogP contribution in [0.3, 0.4) is 0 Å². The van der Waals surface area contributed by atoms with Crippen LogP contribution in [0.2, 0.25) is 0 Å². The lowest BCUT2D eigenvalue weighted by atomic mass is 10.4. The van der Waals surface area contributed by atoms with Crippen molar-refractivity contribution < 1.29 is 13.6 Å². The SMILES string of the molecule is CCCCOP(=O)(CCCC)OCCl. The normalized spacial score (nSPS) is 15.4. The maximum absolute atomic E-state index is 11.9. The standard InChI is InChI=1S/C9H20ClO3P/c1-3-5-7-12-14(11,13-9-10)8-6-4-2/h3-9H2,1-2H3. The highest BCUT2D eigenvalue weighted by Gasteiger charge is 2.22. The van der Waals surface area contributed by atoms with E-state index in [2.05, 4.69) is 6.92 Å². The second-order valence-electron chi connectivity index (χ2n) is 3.11. The Morgan fingerprint density at radius 2 is 1.79 bits per heavy atom. The zero-order valence-electron chi connectivity index (χ0n) is 9.00. The predicted octanol–water partition coefficient (Wildman–Crippen LogP) is 4.01. The number of alkyl halides is 1. The maximum Gasteiger partial charge on any atom is 0.331 e. The molecule has 0 aliphatic carbocycles. The van der Waals surface area contributed by atoms with Crippen molar-refractivity contribution in [2.24, 2.45) is 0 Å². The van der Waals surface area contributed by atoms with E-state index in [4.69, 9.17) is 20.6 Å². The number of unbranched alkanes of at least 4 members (excludes halogenated alkanes) is 2. The van der Waals surface area contributed by atoms with Crippen molar-refractivity contribution in [2.45, 2.75) is 39.5 Å². The molecule has 0 heterocycles. The van der Waals surface area contributed by atoms with E-state index in [1.54, 1.807) is 0 Å². The summed E-state index contributed by atoms with van der Waals surface area (Å²) in [6.45, 7) is 4.59. The lowest BCUT2D eigenvalue weighted by Crippen LogP contribution is -2.00. The van der Waals surface area contributed by atoms with E-state index in [0.29, 0.717) is 12.8 Å². The monoisotopic (exact) mass is 242 g/mol. The van der Waals surface area contributed by atoms with Crippen molar-refractivity contribution in [3.05, 3.63) is 0 Å². The van der Waals surface area contributed by atoms with Gasteiger partial charge in [0.15, 0.2) is 0 Å². The van der Waals surface area contributed by atoms with Crippen molar-refractivity contribution in [3.63, 3.8) is 0 Å². The predicted molar refractivity (Wildman–Crippen MR) is 60.0 cm³/mol. The molecule has 0 spiro atoms. The molecule has 0 bridgehead atoms. The van der Waals surface area contributed by atoms with Crippen molar-refractivity contribution in [1.82, 2.24) is 0 Å². The Hall–Kier alpha value is 0.440. The van der Waals surface area contributed by atoms with Crippen LogP contribution in [-0.4, -0.2) is 18.8 Å². The Morgan fingerprint density at radius 3 is 2.29 bits per heavy atom. The third kappa shape index (κ3) is 6.83. The summed E-state index contributed by atoms with van der Waals surface area (Å²) in [5, 5.41) is 0. The molecular formula is C9H20ClO3P. The van der Waals surface area contributed by atoms with E-state index in [1.807, 2.05) is 6.92 Å². The van der Waals surface area contributed by atoms with Crippen LogP contribution in [0.4, 0.5) is 0 Å². The molecule has 3 nitrogen and oxygen atoms in total. The Kier molecular flexibility index (Phi) is 9.00. The lowest BCUT2D eigenvalue weighted by Gasteiger charge is -2.16. The van der Waals surface area contributed by atoms with Crippen molar-refractivity contribution >= 4 is 19.2 Å². The first-order valence-electron chi connectivity index (χ1n) is 5.12. The smallest absolute Gasteiger partial charge is 0.309 e. The number of hydrogen-bond acceptors (Lipinski definition) is 3. The van der Waals surface area contributed by atoms with Gasteiger partial charge in [-0.2, -0.15) is 0 Å². The minimum absolute atomic E-state index is 0.0624. The van der Waals surface area contributed by atoms with E-state index in [9.17, 15) is 4.57 Å². The second-order valence-corrected chi connectivity index (χ2v) is 5.52. The van der Waals surface area contributed by atoms with Crippen LogP contribution in [-0.2, 0) is 13.6 Å². The van der Waals surface area contributed by atoms with E-state index in [-0.39, 0.29) is 6.07 Å². The number of halogens is 1. The highest BCUT2D eigenvalue weighted by Crippen LogP contribution is 2.49. The minimum atomic E-state index is -2.90. The Bertz CT molecular complexity index is 175. The van der Waals surface area contributed by atoms with Gasteiger partial charge >= 0.3 is 7.60 Å². The average Bonchev–Trinajstić information content (AvgIpc) is 2.16. The van der Waals surface area contributed by atoms with Gasteiger partial charge in [0.05, 0.1) is 12.8 Å². The van der Waals surface area contributed by atoms with Crippen molar-refractivity contribution in [1.29, 1.82) is 0 Å². The highest BCUT2D eigenvalue weighted by atomic mass is 35.5. The molecule has 1 unspecified atom stereocenters. The summed E-state index contributed by atoms with van der Waals surface area (Å²) in [7, 11) is -2.90. The van der Waals surface area contributed by atoms with Crippen LogP contribution in [0.25, 0.3) is 0 Å². The average molecular weight is 243 g/mol. The topological polar surface area (TPSA) is 35.5 Å². The van der Waals surface area contributed by atoms with Gasteiger partial charge in [0.1, 0.15) is 6.07 Å². The van der Waals surface area contributed by atoms with Crippen LogP contribution in [0.15, 0.2) is 0 Å². The van der Waals surface area contributed by atoms with Crippen molar-refractivity contribution in [2.75, 3.05) is 18.8 Å². The third-order valence-corrected chi connectivity index (χ3v) is 4.04. The fraction of sp³-hybridized carbons (Fsp3) is 1.00. The van der Waals surface area contributed by atoms with Crippen LogP contribution >= 0.6 is 19.2 Å². The first-order chi connectivity index (χ1) is 6.68. The van der Waals surface area contributed by atoms with Crippen LogP contribution in [0.1, 0.15) is 39.5 Å². The second kappa shape index (κ2) is 8.72. The molecular weight excluding hydrogens is 223 g/mol. The molecule has 14 heavy (non-hydrogen) atoms. The van der Waals surface area contributed by atoms with Gasteiger partial charge in [-0.05, 0) is 12.8 Å². The maximum atomic E-state index is 11.9. The van der Waals surface area contributed by atoms with Gasteiger partial charge in [-0.25, -0.2) is 0 Å². The Labute approximate surface area is 91.7 Å². The summed E-state index contributed by atoms with van der Waals surface area (Å²) in [5.74, 6) is 0. The molecule has 0 amide bonds. The molecule has 0 fully saturated rings. The zero-order chi connectivity index (χ0) is 10.9. The third-order valence-electron chi connectivity index (χ3n) is 1.82. The molecule has 0 aromatic heterocycles. The van der Waals surface area contributed by atoms with Gasteiger partial charge < -0.3 is 4.52 Å². The van der Waals surface area contributed by atoms with Gasteiger partial charge in [0, 0.05) is 0 Å². The summed E-state index contributed by atoms with van der Waals surface area (Å²) < 4.78 is 22.2. The molecule has 0 saturated heterocycles. The van der Waals surface area contributed by atoms with Crippen molar-refractivity contribution in [3.8, 4) is 0 Å². The first kappa shape index (κ1) is 14.4. The zero-order valence-corrected chi connectivity index (χ0v) is 10.7. The molecule has 0 aromatic carbocycles. The van der Waals surface area contributed by atoms with Crippen LogP contribution < -0.4 is 0 Å². The van der Waals surface area contributed by atoms with E-state index < -0.39 is 7.60 Å². The molecule has 86 valence electrons. The van der Waals surface area contributed by atoms with Crippen LogP contribution in [0, 0.1) is 0 Å². The van der Waals surface area contributed by atoms with E-state index >= 15 is 0 Å². The molecule has 0 aliphatic heterocycles. The summed E-state index contributed by atoms with van der Waals surface area (Å²) >= 11 is 5.40. The fourth-order valence-corrected chi connectivity index (χ4v) is 2.98. The number of rotatable bonds is 9. The fourth-order valence-electron chi connectivity index (χ4n) is 0.940. The Morgan fingerprint density at radius 1 is 1.14 bits per heavy atom. The van der Waals surface area contributed by atoms with Gasteiger partial charge in [-0.15, -0.1) is 0 Å². The molecule has 0 N–H and O–H groups in total. The van der Waals surface area contributed by atoms with Gasteiger partial charge in [0.2, 0.25) is 0 Å². The molecule has 0 saturated carbocycles. The minimum Gasteiger partial charge on any atom is -0.309 e. The number of hydrogen-bond donors (Lipinski definition) is 0. The summed E-state index contributed by atoms with van der Waals surface area (Å²) in [6, 6.07) is -0.0624. The Balaban J connectivity index is 3.89. The first-order valence-corrected chi connectivity index (χ1v) is 7.39. The lowest BCUT2D eigenvalue weighted by molar-refractivity contribution is 0.223. The van der Waals surface area contributed by atoms with Crippen LogP contribution in [0.5, 0.6) is 0 Å². The van der Waals surface area contributed by atoms with E-state index in [1.165, 1.54) is 0 Å². The molecule has 1 atom stereocenters. The molecule has 0 aromatic rings. The largest absolute Gasteiger partial charge is 0.331 e. The quantitative estimate of drug-likeness (QED) is 0.348. The molecule has 0 radical (unpaired) electrons. The molecule has 0 aliphatic rings. The highest BCUT2D eigenvalue weighted by molar-refractivity contribution is 7.53. The van der Waals surface area contributed by atoms with Gasteiger partial charge in [0.25, 0.3) is 0 Å². The van der Waals surface area contributed by atoms with Gasteiger partial charge in [-0.1, -0.05) is 38.3 Å². The van der Waals surface area contributed by atoms with E-state index in [0.717, 1.165) is 25.7 Å². The summed E-state index contributed by atoms with van der Waals surface area (Å²) in [4.78, 5) is 0. The summed E-state index contributed by atoms with van der Waals surface area (Å²) in [6.07, 6.45) is 4.23. The van der Waals surface area contributed by atoms with Gasteiger partial charge in [-0.3, -0.25) is 9.09 Å². The summed E-state index contributed by atoms with van der Waals surface area (Å²) in [5.41, 5.74) is 0.